The minimum absolute atomic E-state index is 0.121. The van der Waals surface area contributed by atoms with E-state index in [-0.39, 0.29) is 17.7 Å². The Labute approximate surface area is 96.7 Å². The molecule has 0 aliphatic rings. The highest BCUT2D eigenvalue weighted by atomic mass is 16.5. The van der Waals surface area contributed by atoms with E-state index < -0.39 is 0 Å². The number of carbonyl (C=O) groups is 1. The van der Waals surface area contributed by atoms with Crippen LogP contribution in [-0.4, -0.2) is 23.2 Å². The number of hydroxylamine groups is 2. The summed E-state index contributed by atoms with van der Waals surface area (Å²) in [6.07, 6.45) is 0.234. The molecule has 0 aliphatic carbocycles. The zero-order valence-electron chi connectivity index (χ0n) is 10.3. The first-order valence-electron chi connectivity index (χ1n) is 5.35. The van der Waals surface area contributed by atoms with Gasteiger partial charge in [-0.05, 0) is 16.5 Å². The summed E-state index contributed by atoms with van der Waals surface area (Å²) in [5.41, 5.74) is 2.27. The molecule has 88 valence electrons. The fourth-order valence-corrected chi connectivity index (χ4v) is 1.41. The largest absolute Gasteiger partial charge is 0.286 e. The van der Waals surface area contributed by atoms with E-state index in [2.05, 4.69) is 20.8 Å². The second-order valence-corrected chi connectivity index (χ2v) is 5.04. The van der Waals surface area contributed by atoms with E-state index in [1.165, 1.54) is 12.6 Å². The van der Waals surface area contributed by atoms with Gasteiger partial charge >= 0.3 is 0 Å². The van der Waals surface area contributed by atoms with Crippen LogP contribution in [0.5, 0.6) is 0 Å². The van der Waals surface area contributed by atoms with Crippen molar-refractivity contribution in [1.82, 2.24) is 5.06 Å². The smallest absolute Gasteiger partial charge is 0.250 e. The fourth-order valence-electron chi connectivity index (χ4n) is 1.41. The molecule has 1 rings (SSSR count). The summed E-state index contributed by atoms with van der Waals surface area (Å²) >= 11 is 0. The first kappa shape index (κ1) is 12.7. The van der Waals surface area contributed by atoms with Crippen molar-refractivity contribution in [3.05, 3.63) is 35.4 Å². The normalized spacial score (nSPS) is 11.3. The van der Waals surface area contributed by atoms with Crippen LogP contribution in [0.2, 0.25) is 0 Å². The Morgan fingerprint density at radius 2 is 1.75 bits per heavy atom. The molecule has 3 nitrogen and oxygen atoms in total. The predicted octanol–water partition coefficient (Wildman–Crippen LogP) is 2.37. The summed E-state index contributed by atoms with van der Waals surface area (Å²) in [6.45, 7) is 6.44. The van der Waals surface area contributed by atoms with Crippen LogP contribution in [0.4, 0.5) is 0 Å². The third-order valence-corrected chi connectivity index (χ3v) is 2.54. The molecule has 0 atom stereocenters. The topological polar surface area (TPSA) is 40.5 Å². The van der Waals surface area contributed by atoms with Gasteiger partial charge in [-0.3, -0.25) is 10.0 Å². The molecule has 0 fully saturated rings. The summed E-state index contributed by atoms with van der Waals surface area (Å²) in [6, 6.07) is 7.92. The third kappa shape index (κ3) is 3.35. The Morgan fingerprint density at radius 3 is 2.12 bits per heavy atom. The van der Waals surface area contributed by atoms with E-state index in [1.807, 2.05) is 24.3 Å². The van der Waals surface area contributed by atoms with Gasteiger partial charge in [-0.1, -0.05) is 45.0 Å². The number of hydrogen-bond donors (Lipinski definition) is 1. The minimum atomic E-state index is -0.302. The quantitative estimate of drug-likeness (QED) is 0.615. The molecular weight excluding hydrogens is 202 g/mol. The fraction of sp³-hybridized carbons (Fsp3) is 0.462. The number of nitrogens with zero attached hydrogens (tertiary/aromatic N) is 1. The van der Waals surface area contributed by atoms with Crippen LogP contribution in [0, 0.1) is 0 Å². The van der Waals surface area contributed by atoms with Gasteiger partial charge in [0.25, 0.3) is 0 Å². The molecule has 1 N–H and O–H groups in total. The Hall–Kier alpha value is -1.35. The van der Waals surface area contributed by atoms with E-state index >= 15 is 0 Å². The van der Waals surface area contributed by atoms with Gasteiger partial charge in [0.15, 0.2) is 0 Å². The maximum Gasteiger partial charge on any atom is 0.250 e. The molecule has 0 saturated carbocycles. The molecular formula is C13H19NO2. The zero-order chi connectivity index (χ0) is 12.3. The lowest BCUT2D eigenvalue weighted by Crippen LogP contribution is -2.24. The molecule has 3 heteroatoms. The highest BCUT2D eigenvalue weighted by molar-refractivity contribution is 5.77. The second-order valence-electron chi connectivity index (χ2n) is 5.04. The molecule has 0 bridgehead atoms. The van der Waals surface area contributed by atoms with Crippen LogP contribution in [0.3, 0.4) is 0 Å². The van der Waals surface area contributed by atoms with Crippen molar-refractivity contribution in [2.75, 3.05) is 7.05 Å². The van der Waals surface area contributed by atoms with Crippen LogP contribution < -0.4 is 0 Å². The minimum Gasteiger partial charge on any atom is -0.286 e. The molecule has 1 amide bonds. The lowest BCUT2D eigenvalue weighted by molar-refractivity contribution is -0.158. The second kappa shape index (κ2) is 4.66. The molecule has 0 spiro atoms. The van der Waals surface area contributed by atoms with Gasteiger partial charge < -0.3 is 0 Å². The van der Waals surface area contributed by atoms with Gasteiger partial charge in [0.1, 0.15) is 0 Å². The highest BCUT2D eigenvalue weighted by Gasteiger charge is 2.13. The molecule has 0 aromatic heterocycles. The van der Waals surface area contributed by atoms with Crippen LogP contribution in [0.15, 0.2) is 24.3 Å². The summed E-state index contributed by atoms with van der Waals surface area (Å²) < 4.78 is 0. The van der Waals surface area contributed by atoms with Crippen LogP contribution in [0.1, 0.15) is 31.9 Å². The van der Waals surface area contributed by atoms with Gasteiger partial charge in [-0.25, -0.2) is 5.06 Å². The monoisotopic (exact) mass is 221 g/mol. The van der Waals surface area contributed by atoms with E-state index in [1.54, 1.807) is 0 Å². The number of rotatable bonds is 2. The lowest BCUT2D eigenvalue weighted by Gasteiger charge is -2.19. The van der Waals surface area contributed by atoms with Crippen molar-refractivity contribution in [1.29, 1.82) is 0 Å². The van der Waals surface area contributed by atoms with Gasteiger partial charge in [0.2, 0.25) is 5.91 Å². The lowest BCUT2D eigenvalue weighted by atomic mass is 9.86. The van der Waals surface area contributed by atoms with E-state index in [0.29, 0.717) is 5.06 Å². The van der Waals surface area contributed by atoms with E-state index in [0.717, 1.165) is 5.56 Å². The standard InChI is InChI=1S/C13H19NO2/c1-13(2,3)11-7-5-10(6-8-11)9-12(15)14(4)16/h5-8,16H,9H2,1-4H3. The first-order chi connectivity index (χ1) is 7.30. The van der Waals surface area contributed by atoms with Crippen molar-refractivity contribution in [3.8, 4) is 0 Å². The molecule has 0 saturated heterocycles. The maximum atomic E-state index is 11.3. The SMILES string of the molecule is CN(O)C(=O)Cc1ccc(C(C)(C)C)cc1. The molecule has 0 heterocycles. The Morgan fingerprint density at radius 1 is 1.25 bits per heavy atom. The summed E-state index contributed by atoms with van der Waals surface area (Å²) in [5, 5.41) is 9.57. The average Bonchev–Trinajstić information content (AvgIpc) is 2.17. The molecule has 0 aliphatic heterocycles. The molecule has 16 heavy (non-hydrogen) atoms. The molecule has 0 unspecified atom stereocenters. The first-order valence-corrected chi connectivity index (χ1v) is 5.35. The van der Waals surface area contributed by atoms with Gasteiger partial charge in [0.05, 0.1) is 6.42 Å². The third-order valence-electron chi connectivity index (χ3n) is 2.54. The van der Waals surface area contributed by atoms with E-state index in [4.69, 9.17) is 5.21 Å². The number of hydrogen-bond acceptors (Lipinski definition) is 2. The average molecular weight is 221 g/mol. The Bertz CT molecular complexity index is 361. The van der Waals surface area contributed by atoms with Gasteiger partial charge in [-0.2, -0.15) is 0 Å². The van der Waals surface area contributed by atoms with E-state index in [9.17, 15) is 4.79 Å². The Balaban J connectivity index is 2.76. The van der Waals surface area contributed by atoms with Crippen LogP contribution in [-0.2, 0) is 16.6 Å². The van der Waals surface area contributed by atoms with Crippen LogP contribution in [0.25, 0.3) is 0 Å². The zero-order valence-corrected chi connectivity index (χ0v) is 10.3. The number of amides is 1. The van der Waals surface area contributed by atoms with Gasteiger partial charge in [0, 0.05) is 7.05 Å². The van der Waals surface area contributed by atoms with Crippen molar-refractivity contribution < 1.29 is 10.0 Å². The predicted molar refractivity (Wildman–Crippen MR) is 63.4 cm³/mol. The number of benzene rings is 1. The van der Waals surface area contributed by atoms with Crippen LogP contribution >= 0.6 is 0 Å². The highest BCUT2D eigenvalue weighted by Crippen LogP contribution is 2.22. The molecule has 1 aromatic rings. The van der Waals surface area contributed by atoms with Crippen molar-refractivity contribution >= 4 is 5.91 Å². The number of carbonyl (C=O) groups excluding carboxylic acids is 1. The van der Waals surface area contributed by atoms with Crippen molar-refractivity contribution in [2.45, 2.75) is 32.6 Å². The summed E-state index contributed by atoms with van der Waals surface area (Å²) in [5.74, 6) is -0.302. The van der Waals surface area contributed by atoms with Crippen molar-refractivity contribution in [2.24, 2.45) is 0 Å². The molecule has 0 radical (unpaired) electrons. The Kier molecular flexibility index (Phi) is 3.70. The maximum absolute atomic E-state index is 11.3. The number of likely N-dealkylation sites (N-methyl/N-ethyl adjacent to an activating group) is 1. The summed E-state index contributed by atoms with van der Waals surface area (Å²) in [4.78, 5) is 11.3. The van der Waals surface area contributed by atoms with Crippen molar-refractivity contribution in [3.63, 3.8) is 0 Å². The summed E-state index contributed by atoms with van der Waals surface area (Å²) in [7, 11) is 1.34. The van der Waals surface area contributed by atoms with Gasteiger partial charge in [-0.15, -0.1) is 0 Å². The molecule has 1 aromatic carbocycles.